The van der Waals surface area contributed by atoms with Gasteiger partial charge in [0.15, 0.2) is 0 Å². The van der Waals surface area contributed by atoms with Crippen molar-refractivity contribution < 1.29 is 17.6 Å². The number of likely N-dealkylation sites (N-methyl/N-ethyl adjacent to an activating group) is 1. The molecule has 4 rings (SSSR count). The first kappa shape index (κ1) is 25.8. The molecule has 2 heterocycles. The molecule has 0 radical (unpaired) electrons. The van der Waals surface area contributed by atoms with Crippen molar-refractivity contribution in [3.8, 4) is 0 Å². The first-order valence-electron chi connectivity index (χ1n) is 12.4. The highest BCUT2D eigenvalue weighted by Crippen LogP contribution is 2.24. The van der Waals surface area contributed by atoms with E-state index in [0.29, 0.717) is 30.6 Å². The number of benzene rings is 2. The van der Waals surface area contributed by atoms with Gasteiger partial charge in [-0.25, -0.2) is 12.8 Å². The van der Waals surface area contributed by atoms with E-state index in [1.807, 2.05) is 0 Å². The summed E-state index contributed by atoms with van der Waals surface area (Å²) in [4.78, 5) is 14.7. The number of nitrogens with zero attached hydrogens (tertiary/aromatic N) is 2. The smallest absolute Gasteiger partial charge is 0.243 e. The molecule has 1 amide bonds. The molecule has 2 aromatic rings. The van der Waals surface area contributed by atoms with Crippen LogP contribution in [0.3, 0.4) is 0 Å². The fourth-order valence-electron chi connectivity index (χ4n) is 4.77. The van der Waals surface area contributed by atoms with Crippen LogP contribution >= 0.6 is 0 Å². The van der Waals surface area contributed by atoms with Crippen molar-refractivity contribution >= 4 is 15.9 Å². The van der Waals surface area contributed by atoms with Crippen molar-refractivity contribution in [1.29, 1.82) is 0 Å². The second-order valence-corrected chi connectivity index (χ2v) is 11.5. The van der Waals surface area contributed by atoms with Gasteiger partial charge in [-0.3, -0.25) is 15.6 Å². The fourth-order valence-corrected chi connectivity index (χ4v) is 6.29. The molecular weight excluding hydrogens is 467 g/mol. The Morgan fingerprint density at radius 3 is 2.40 bits per heavy atom. The SMILES string of the molecule is CN(CCCC1CC(c2ccc(F)cc2)NN1)C(=O)Cc1ccc(S(=O)(=O)N2CCCCC2)cc1. The molecule has 2 N–H and O–H groups in total. The minimum Gasteiger partial charge on any atom is -0.345 e. The Morgan fingerprint density at radius 2 is 1.71 bits per heavy atom. The predicted octanol–water partition coefficient (Wildman–Crippen LogP) is 3.39. The van der Waals surface area contributed by atoms with Crippen molar-refractivity contribution in [2.45, 2.75) is 61.9 Å². The fraction of sp³-hybridized carbons (Fsp3) is 0.500. The third kappa shape index (κ3) is 6.67. The van der Waals surface area contributed by atoms with Crippen molar-refractivity contribution in [2.24, 2.45) is 0 Å². The summed E-state index contributed by atoms with van der Waals surface area (Å²) < 4.78 is 40.3. The highest BCUT2D eigenvalue weighted by Gasteiger charge is 2.26. The topological polar surface area (TPSA) is 81.7 Å². The van der Waals surface area contributed by atoms with Crippen LogP contribution in [0.1, 0.15) is 55.7 Å². The minimum atomic E-state index is -3.46. The Balaban J connectivity index is 1.20. The number of amides is 1. The van der Waals surface area contributed by atoms with Crippen molar-refractivity contribution in [3.05, 3.63) is 65.5 Å². The first-order chi connectivity index (χ1) is 16.8. The third-order valence-corrected chi connectivity index (χ3v) is 8.87. The van der Waals surface area contributed by atoms with Crippen LogP contribution in [0.5, 0.6) is 0 Å². The summed E-state index contributed by atoms with van der Waals surface area (Å²) in [6.45, 7) is 1.80. The number of carbonyl (C=O) groups excluding carboxylic acids is 1. The van der Waals surface area contributed by atoms with Gasteiger partial charge in [-0.2, -0.15) is 4.31 Å². The molecule has 2 aliphatic heterocycles. The Morgan fingerprint density at radius 1 is 1.03 bits per heavy atom. The molecule has 0 aliphatic carbocycles. The summed E-state index contributed by atoms with van der Waals surface area (Å²) >= 11 is 0. The molecule has 0 saturated carbocycles. The second-order valence-electron chi connectivity index (χ2n) is 9.57. The number of nitrogens with one attached hydrogen (secondary N) is 2. The van der Waals surface area contributed by atoms with Gasteiger partial charge >= 0.3 is 0 Å². The summed E-state index contributed by atoms with van der Waals surface area (Å²) in [5, 5.41) is 0. The first-order valence-corrected chi connectivity index (χ1v) is 13.9. The summed E-state index contributed by atoms with van der Waals surface area (Å²) in [6.07, 6.45) is 5.83. The zero-order chi connectivity index (χ0) is 24.8. The summed E-state index contributed by atoms with van der Waals surface area (Å²) in [6, 6.07) is 13.7. The number of sulfonamides is 1. The van der Waals surface area contributed by atoms with Crippen LogP contribution in [0.2, 0.25) is 0 Å². The van der Waals surface area contributed by atoms with Gasteiger partial charge in [0.25, 0.3) is 0 Å². The van der Waals surface area contributed by atoms with E-state index in [1.165, 1.54) is 12.1 Å². The minimum absolute atomic E-state index is 0.0123. The number of piperidine rings is 1. The van der Waals surface area contributed by atoms with E-state index in [0.717, 1.165) is 49.7 Å². The highest BCUT2D eigenvalue weighted by atomic mass is 32.2. The maximum Gasteiger partial charge on any atom is 0.243 e. The highest BCUT2D eigenvalue weighted by molar-refractivity contribution is 7.89. The molecule has 2 aromatic carbocycles. The Labute approximate surface area is 207 Å². The third-order valence-electron chi connectivity index (χ3n) is 6.96. The van der Waals surface area contributed by atoms with Crippen LogP contribution in [0.15, 0.2) is 53.4 Å². The number of hydrazine groups is 1. The lowest BCUT2D eigenvalue weighted by atomic mass is 9.99. The molecule has 2 aliphatic rings. The monoisotopic (exact) mass is 502 g/mol. The number of rotatable bonds is 9. The van der Waals surface area contributed by atoms with Crippen molar-refractivity contribution in [1.82, 2.24) is 20.1 Å². The van der Waals surface area contributed by atoms with E-state index in [-0.39, 0.29) is 24.2 Å². The zero-order valence-electron chi connectivity index (χ0n) is 20.2. The molecular formula is C26H35FN4O3S. The van der Waals surface area contributed by atoms with Gasteiger partial charge in [0.1, 0.15) is 5.82 Å². The molecule has 2 saturated heterocycles. The number of hydrogen-bond donors (Lipinski definition) is 2. The lowest BCUT2D eigenvalue weighted by molar-refractivity contribution is -0.129. The average Bonchev–Trinajstić information content (AvgIpc) is 3.34. The summed E-state index contributed by atoms with van der Waals surface area (Å²) in [5.41, 5.74) is 8.44. The van der Waals surface area contributed by atoms with E-state index in [9.17, 15) is 17.6 Å². The Bertz CT molecular complexity index is 1090. The van der Waals surface area contributed by atoms with Gasteiger partial charge in [0, 0.05) is 38.8 Å². The summed E-state index contributed by atoms with van der Waals surface area (Å²) in [7, 11) is -1.65. The largest absolute Gasteiger partial charge is 0.345 e. The second kappa shape index (κ2) is 11.6. The van der Waals surface area contributed by atoms with Crippen LogP contribution in [0, 0.1) is 5.82 Å². The number of carbonyl (C=O) groups is 1. The zero-order valence-corrected chi connectivity index (χ0v) is 21.1. The van der Waals surface area contributed by atoms with E-state index in [4.69, 9.17) is 0 Å². The van der Waals surface area contributed by atoms with Crippen LogP contribution in [0.4, 0.5) is 4.39 Å². The molecule has 190 valence electrons. The molecule has 0 bridgehead atoms. The molecule has 9 heteroatoms. The Hall–Kier alpha value is -2.33. The van der Waals surface area contributed by atoms with Crippen LogP contribution in [0.25, 0.3) is 0 Å². The lowest BCUT2D eigenvalue weighted by Crippen LogP contribution is -2.35. The van der Waals surface area contributed by atoms with Gasteiger partial charge in [-0.1, -0.05) is 30.7 Å². The lowest BCUT2D eigenvalue weighted by Gasteiger charge is -2.25. The van der Waals surface area contributed by atoms with Crippen LogP contribution in [-0.4, -0.2) is 56.3 Å². The van der Waals surface area contributed by atoms with E-state index < -0.39 is 10.0 Å². The molecule has 7 nitrogen and oxygen atoms in total. The van der Waals surface area contributed by atoms with E-state index in [1.54, 1.807) is 52.7 Å². The summed E-state index contributed by atoms with van der Waals surface area (Å²) in [5.74, 6) is -0.222. The number of halogens is 1. The van der Waals surface area contributed by atoms with E-state index in [2.05, 4.69) is 10.9 Å². The Kier molecular flexibility index (Phi) is 8.54. The maximum absolute atomic E-state index is 13.1. The van der Waals surface area contributed by atoms with Crippen molar-refractivity contribution in [2.75, 3.05) is 26.7 Å². The maximum atomic E-state index is 13.1. The van der Waals surface area contributed by atoms with E-state index >= 15 is 0 Å². The van der Waals surface area contributed by atoms with Gasteiger partial charge in [0.05, 0.1) is 11.3 Å². The number of hydrogen-bond acceptors (Lipinski definition) is 5. The molecule has 0 spiro atoms. The van der Waals surface area contributed by atoms with Gasteiger partial charge in [-0.15, -0.1) is 0 Å². The molecule has 0 aromatic heterocycles. The molecule has 2 atom stereocenters. The van der Waals surface area contributed by atoms with Gasteiger partial charge in [-0.05, 0) is 67.5 Å². The average molecular weight is 503 g/mol. The molecule has 2 unspecified atom stereocenters. The van der Waals surface area contributed by atoms with Crippen molar-refractivity contribution in [3.63, 3.8) is 0 Å². The van der Waals surface area contributed by atoms with Crippen LogP contribution < -0.4 is 10.9 Å². The normalized spacial score (nSPS) is 21.2. The van der Waals surface area contributed by atoms with Gasteiger partial charge < -0.3 is 4.90 Å². The quantitative estimate of drug-likeness (QED) is 0.549. The molecule has 35 heavy (non-hydrogen) atoms. The predicted molar refractivity (Wildman–Crippen MR) is 133 cm³/mol. The standard InChI is InChI=1S/C26H35FN4O3S/c1-30(15-5-6-23-19-25(29-28-23)21-9-11-22(27)12-10-21)26(32)18-20-7-13-24(14-8-20)35(33,34)31-16-3-2-4-17-31/h7-14,23,25,28-29H,2-6,15-19H2,1H3. The van der Waals surface area contributed by atoms with Gasteiger partial charge in [0.2, 0.25) is 15.9 Å². The van der Waals surface area contributed by atoms with Crippen LogP contribution in [-0.2, 0) is 21.2 Å². The molecule has 2 fully saturated rings.